The highest BCUT2D eigenvalue weighted by Gasteiger charge is 2.19. The Hall–Kier alpha value is -1.35. The molecule has 0 fully saturated rings. The molecule has 0 amide bonds. The normalized spacial score (nSPS) is 12.6. The third-order valence-electron chi connectivity index (χ3n) is 2.70. The van der Waals surface area contributed by atoms with Crippen LogP contribution in [0.25, 0.3) is 0 Å². The monoisotopic (exact) mass is 237 g/mol. The maximum absolute atomic E-state index is 14.0. The highest BCUT2D eigenvalue weighted by Crippen LogP contribution is 2.30. The molecule has 1 atom stereocenters. The molecule has 0 aliphatic carbocycles. The molecule has 0 saturated heterocycles. The summed E-state index contributed by atoms with van der Waals surface area (Å²) in [5.74, 6) is -0.307. The summed E-state index contributed by atoms with van der Waals surface area (Å²) in [5.41, 5.74) is 1.08. The third kappa shape index (κ3) is 3.07. The van der Waals surface area contributed by atoms with Crippen molar-refractivity contribution in [2.24, 2.45) is 0 Å². The molecule has 1 rings (SSSR count). The Kier molecular flexibility index (Phi) is 4.70. The number of nitrogens with zero attached hydrogens (tertiary/aromatic N) is 1. The second-order valence-electron chi connectivity index (χ2n) is 4.39. The molecule has 2 nitrogen and oxygen atoms in total. The van der Waals surface area contributed by atoms with E-state index in [1.807, 2.05) is 18.7 Å². The van der Waals surface area contributed by atoms with E-state index in [-0.39, 0.29) is 11.9 Å². The summed E-state index contributed by atoms with van der Waals surface area (Å²) in [6.07, 6.45) is 1.05. The van der Waals surface area contributed by atoms with E-state index in [1.54, 1.807) is 25.1 Å². The average molecular weight is 237 g/mol. The van der Waals surface area contributed by atoms with Crippen LogP contribution in [0.3, 0.4) is 0 Å². The zero-order valence-electron chi connectivity index (χ0n) is 10.7. The summed E-state index contributed by atoms with van der Waals surface area (Å²) in [4.78, 5) is 1.89. The highest BCUT2D eigenvalue weighted by atomic mass is 19.1. The summed E-state index contributed by atoms with van der Waals surface area (Å²) < 4.78 is 14.0. The van der Waals surface area contributed by atoms with Gasteiger partial charge in [-0.3, -0.25) is 0 Å². The van der Waals surface area contributed by atoms with Crippen LogP contribution >= 0.6 is 0 Å². The molecule has 1 N–H and O–H groups in total. The first kappa shape index (κ1) is 13.7. The second kappa shape index (κ2) is 5.82. The molecular formula is C14H20FNO. The van der Waals surface area contributed by atoms with Gasteiger partial charge in [0.15, 0.2) is 0 Å². The minimum absolute atomic E-state index is 0.141. The van der Waals surface area contributed by atoms with Crippen LogP contribution in [-0.4, -0.2) is 17.7 Å². The van der Waals surface area contributed by atoms with Gasteiger partial charge in [-0.05, 0) is 26.8 Å². The summed E-state index contributed by atoms with van der Waals surface area (Å²) >= 11 is 0. The van der Waals surface area contributed by atoms with Gasteiger partial charge < -0.3 is 10.0 Å². The molecule has 1 aromatic rings. The fraction of sp³-hybridized carbons (Fsp3) is 0.429. The fourth-order valence-corrected chi connectivity index (χ4v) is 1.87. The molecule has 3 heteroatoms. The van der Waals surface area contributed by atoms with Crippen LogP contribution in [0, 0.1) is 5.82 Å². The van der Waals surface area contributed by atoms with Gasteiger partial charge in [0.1, 0.15) is 5.82 Å². The van der Waals surface area contributed by atoms with Gasteiger partial charge in [0, 0.05) is 18.2 Å². The Morgan fingerprint density at radius 2 is 2.06 bits per heavy atom. The summed E-state index contributed by atoms with van der Waals surface area (Å²) in [5, 5.41) is 9.71. The molecule has 1 unspecified atom stereocenters. The van der Waals surface area contributed by atoms with Gasteiger partial charge in [0.05, 0.1) is 11.8 Å². The lowest BCUT2D eigenvalue weighted by Gasteiger charge is -2.30. The molecule has 0 aliphatic rings. The SMILES string of the molecule is C=CCN(c1c(F)cccc1C(C)O)C(C)C. The lowest BCUT2D eigenvalue weighted by atomic mass is 10.1. The van der Waals surface area contributed by atoms with Crippen molar-refractivity contribution in [3.8, 4) is 0 Å². The van der Waals surface area contributed by atoms with Crippen molar-refractivity contribution < 1.29 is 9.50 Å². The lowest BCUT2D eigenvalue weighted by molar-refractivity contribution is 0.199. The molecule has 94 valence electrons. The Labute approximate surface area is 102 Å². The number of para-hydroxylation sites is 1. The van der Waals surface area contributed by atoms with E-state index in [9.17, 15) is 9.50 Å². The number of anilines is 1. The average Bonchev–Trinajstić information content (AvgIpc) is 2.25. The highest BCUT2D eigenvalue weighted by molar-refractivity contribution is 5.56. The Morgan fingerprint density at radius 3 is 2.53 bits per heavy atom. The van der Waals surface area contributed by atoms with Crippen LogP contribution in [-0.2, 0) is 0 Å². The molecule has 0 aliphatic heterocycles. The summed E-state index contributed by atoms with van der Waals surface area (Å²) in [6.45, 7) is 9.86. The number of aliphatic hydroxyl groups is 1. The van der Waals surface area contributed by atoms with Gasteiger partial charge in [-0.1, -0.05) is 18.2 Å². The van der Waals surface area contributed by atoms with Crippen molar-refractivity contribution in [2.45, 2.75) is 32.9 Å². The van der Waals surface area contributed by atoms with Crippen molar-refractivity contribution >= 4 is 5.69 Å². The maximum Gasteiger partial charge on any atom is 0.146 e. The first-order chi connectivity index (χ1) is 7.99. The number of hydrogen-bond acceptors (Lipinski definition) is 2. The van der Waals surface area contributed by atoms with E-state index in [0.717, 1.165) is 0 Å². The van der Waals surface area contributed by atoms with Crippen LogP contribution in [0.4, 0.5) is 10.1 Å². The van der Waals surface area contributed by atoms with Crippen LogP contribution in [0.2, 0.25) is 0 Å². The number of benzene rings is 1. The minimum atomic E-state index is -0.688. The lowest BCUT2D eigenvalue weighted by Crippen LogP contribution is -2.32. The summed E-state index contributed by atoms with van der Waals surface area (Å²) in [6, 6.07) is 4.93. The summed E-state index contributed by atoms with van der Waals surface area (Å²) in [7, 11) is 0. The van der Waals surface area contributed by atoms with Crippen LogP contribution in [0.15, 0.2) is 30.9 Å². The van der Waals surface area contributed by atoms with Gasteiger partial charge in [-0.25, -0.2) is 4.39 Å². The predicted octanol–water partition coefficient (Wildman–Crippen LogP) is 3.28. The van der Waals surface area contributed by atoms with Gasteiger partial charge >= 0.3 is 0 Å². The van der Waals surface area contributed by atoms with Crippen LogP contribution < -0.4 is 4.90 Å². The quantitative estimate of drug-likeness (QED) is 0.794. The molecule has 0 heterocycles. The van der Waals surface area contributed by atoms with E-state index in [4.69, 9.17) is 0 Å². The number of aliphatic hydroxyl groups excluding tert-OH is 1. The first-order valence-electron chi connectivity index (χ1n) is 5.83. The van der Waals surface area contributed by atoms with Gasteiger partial charge in [-0.15, -0.1) is 6.58 Å². The van der Waals surface area contributed by atoms with E-state index >= 15 is 0 Å². The van der Waals surface area contributed by atoms with Gasteiger partial charge in [-0.2, -0.15) is 0 Å². The number of rotatable bonds is 5. The largest absolute Gasteiger partial charge is 0.389 e. The van der Waals surface area contributed by atoms with E-state index < -0.39 is 6.10 Å². The molecule has 0 aromatic heterocycles. The second-order valence-corrected chi connectivity index (χ2v) is 4.39. The maximum atomic E-state index is 14.0. The topological polar surface area (TPSA) is 23.5 Å². The molecule has 0 bridgehead atoms. The zero-order valence-corrected chi connectivity index (χ0v) is 10.7. The van der Waals surface area contributed by atoms with Crippen LogP contribution in [0.5, 0.6) is 0 Å². The third-order valence-corrected chi connectivity index (χ3v) is 2.70. The fourth-order valence-electron chi connectivity index (χ4n) is 1.87. The molecule has 1 aromatic carbocycles. The smallest absolute Gasteiger partial charge is 0.146 e. The Bertz CT molecular complexity index is 388. The molecule has 17 heavy (non-hydrogen) atoms. The predicted molar refractivity (Wildman–Crippen MR) is 69.7 cm³/mol. The zero-order chi connectivity index (χ0) is 13.0. The number of hydrogen-bond donors (Lipinski definition) is 1. The van der Waals surface area contributed by atoms with Gasteiger partial charge in [0.25, 0.3) is 0 Å². The van der Waals surface area contributed by atoms with Crippen molar-refractivity contribution in [2.75, 3.05) is 11.4 Å². The van der Waals surface area contributed by atoms with Crippen molar-refractivity contribution in [3.63, 3.8) is 0 Å². The first-order valence-corrected chi connectivity index (χ1v) is 5.83. The Balaban J connectivity index is 3.29. The van der Waals surface area contributed by atoms with E-state index in [2.05, 4.69) is 6.58 Å². The van der Waals surface area contributed by atoms with E-state index in [0.29, 0.717) is 17.8 Å². The van der Waals surface area contributed by atoms with Crippen LogP contribution in [0.1, 0.15) is 32.4 Å². The van der Waals surface area contributed by atoms with Gasteiger partial charge in [0.2, 0.25) is 0 Å². The molecular weight excluding hydrogens is 217 g/mol. The van der Waals surface area contributed by atoms with Crippen molar-refractivity contribution in [1.82, 2.24) is 0 Å². The molecule has 0 spiro atoms. The standard InChI is InChI=1S/C14H20FNO/c1-5-9-16(10(2)3)14-12(11(4)17)7-6-8-13(14)15/h5-8,10-11,17H,1,9H2,2-4H3. The molecule has 0 saturated carbocycles. The van der Waals surface area contributed by atoms with E-state index in [1.165, 1.54) is 6.07 Å². The minimum Gasteiger partial charge on any atom is -0.389 e. The van der Waals surface area contributed by atoms with Crippen molar-refractivity contribution in [3.05, 3.63) is 42.2 Å². The molecule has 0 radical (unpaired) electrons. The number of halogens is 1. The Morgan fingerprint density at radius 1 is 1.41 bits per heavy atom. The van der Waals surface area contributed by atoms with Crippen molar-refractivity contribution in [1.29, 1.82) is 0 Å².